The van der Waals surface area contributed by atoms with Crippen molar-refractivity contribution in [3.8, 4) is 0 Å². The zero-order chi connectivity index (χ0) is 9.14. The Morgan fingerprint density at radius 2 is 2.42 bits per heavy atom. The van der Waals surface area contributed by atoms with Crippen LogP contribution < -0.4 is 5.73 Å². The number of aliphatic hydroxyl groups excluding tert-OH is 1. The summed E-state index contributed by atoms with van der Waals surface area (Å²) in [6, 6.07) is 0. The van der Waals surface area contributed by atoms with Gasteiger partial charge in [-0.3, -0.25) is 4.68 Å². The molecule has 0 aliphatic heterocycles. The van der Waals surface area contributed by atoms with Gasteiger partial charge in [0.1, 0.15) is 0 Å². The molecule has 1 atom stereocenters. The molecule has 12 heavy (non-hydrogen) atoms. The van der Waals surface area contributed by atoms with Crippen molar-refractivity contribution >= 4 is 0 Å². The predicted molar refractivity (Wildman–Crippen MR) is 46.6 cm³/mol. The molecule has 0 bridgehead atoms. The Balaban J connectivity index is 2.80. The van der Waals surface area contributed by atoms with Crippen molar-refractivity contribution in [2.24, 2.45) is 12.8 Å². The monoisotopic (exact) mass is 169 g/mol. The highest BCUT2D eigenvalue weighted by molar-refractivity contribution is 5.18. The van der Waals surface area contributed by atoms with Crippen LogP contribution in [0.3, 0.4) is 0 Å². The Hall–Kier alpha value is -0.870. The highest BCUT2D eigenvalue weighted by Gasteiger charge is 2.12. The Kier molecular flexibility index (Phi) is 2.83. The quantitative estimate of drug-likeness (QED) is 0.675. The highest BCUT2D eigenvalue weighted by Crippen LogP contribution is 2.18. The fraction of sp³-hybridized carbons (Fsp3) is 0.625. The number of aryl methyl sites for hydroxylation is 1. The van der Waals surface area contributed by atoms with Crippen molar-refractivity contribution in [1.82, 2.24) is 9.78 Å². The predicted octanol–water partition coefficient (Wildman–Crippen LogP) is 0.111. The lowest BCUT2D eigenvalue weighted by molar-refractivity contribution is 0.169. The minimum absolute atomic E-state index is 0.469. The Morgan fingerprint density at radius 3 is 2.83 bits per heavy atom. The largest absolute Gasteiger partial charge is 0.388 e. The van der Waals surface area contributed by atoms with Gasteiger partial charge in [-0.05, 0) is 19.9 Å². The van der Waals surface area contributed by atoms with Gasteiger partial charge in [0.05, 0.1) is 12.3 Å². The molecule has 1 heterocycles. The lowest BCUT2D eigenvalue weighted by atomic mass is 10.1. The average molecular weight is 169 g/mol. The maximum atomic E-state index is 9.58. The maximum Gasteiger partial charge on any atom is 0.0835 e. The van der Waals surface area contributed by atoms with Crippen molar-refractivity contribution in [3.63, 3.8) is 0 Å². The molecule has 0 radical (unpaired) electrons. The third-order valence-electron chi connectivity index (χ3n) is 2.07. The van der Waals surface area contributed by atoms with Crippen LogP contribution in [0.4, 0.5) is 0 Å². The molecule has 4 nitrogen and oxygen atoms in total. The van der Waals surface area contributed by atoms with Crippen LogP contribution in [-0.4, -0.2) is 21.4 Å². The maximum absolute atomic E-state index is 9.58. The van der Waals surface area contributed by atoms with Gasteiger partial charge in [0.25, 0.3) is 0 Å². The van der Waals surface area contributed by atoms with Crippen LogP contribution in [0.1, 0.15) is 23.8 Å². The molecular weight excluding hydrogens is 154 g/mol. The van der Waals surface area contributed by atoms with Gasteiger partial charge in [0.15, 0.2) is 0 Å². The lowest BCUT2D eigenvalue weighted by Gasteiger charge is -2.07. The highest BCUT2D eigenvalue weighted by atomic mass is 16.3. The third-order valence-corrected chi connectivity index (χ3v) is 2.07. The summed E-state index contributed by atoms with van der Waals surface area (Å²) in [5, 5.41) is 13.6. The molecule has 0 saturated heterocycles. The van der Waals surface area contributed by atoms with Gasteiger partial charge in [-0.1, -0.05) is 0 Å². The van der Waals surface area contributed by atoms with E-state index in [4.69, 9.17) is 5.73 Å². The standard InChI is InChI=1S/C8H15N3O/c1-6-7(5-10-11(6)2)8(12)3-4-9/h5,8,12H,3-4,9H2,1-2H3/t8-/m0/s1. The van der Waals surface area contributed by atoms with Gasteiger partial charge in [0.2, 0.25) is 0 Å². The van der Waals surface area contributed by atoms with Crippen molar-refractivity contribution < 1.29 is 5.11 Å². The molecule has 0 fully saturated rings. The number of rotatable bonds is 3. The minimum Gasteiger partial charge on any atom is -0.388 e. The van der Waals surface area contributed by atoms with Crippen LogP contribution in [0.25, 0.3) is 0 Å². The smallest absolute Gasteiger partial charge is 0.0835 e. The van der Waals surface area contributed by atoms with E-state index in [1.54, 1.807) is 10.9 Å². The van der Waals surface area contributed by atoms with E-state index >= 15 is 0 Å². The van der Waals surface area contributed by atoms with Gasteiger partial charge in [0, 0.05) is 18.3 Å². The van der Waals surface area contributed by atoms with E-state index in [2.05, 4.69) is 5.10 Å². The third kappa shape index (κ3) is 1.65. The van der Waals surface area contributed by atoms with Crippen molar-refractivity contribution in [1.29, 1.82) is 0 Å². The van der Waals surface area contributed by atoms with E-state index in [-0.39, 0.29) is 0 Å². The zero-order valence-corrected chi connectivity index (χ0v) is 7.49. The number of hydrogen-bond acceptors (Lipinski definition) is 3. The second kappa shape index (κ2) is 3.69. The molecule has 68 valence electrons. The molecule has 1 aromatic rings. The van der Waals surface area contributed by atoms with E-state index in [1.807, 2.05) is 14.0 Å². The van der Waals surface area contributed by atoms with Crippen LogP contribution in [-0.2, 0) is 7.05 Å². The Morgan fingerprint density at radius 1 is 1.75 bits per heavy atom. The Labute approximate surface area is 72.0 Å². The van der Waals surface area contributed by atoms with Crippen LogP contribution in [0.2, 0.25) is 0 Å². The van der Waals surface area contributed by atoms with Crippen molar-refractivity contribution in [2.75, 3.05) is 6.54 Å². The van der Waals surface area contributed by atoms with Gasteiger partial charge >= 0.3 is 0 Å². The molecule has 3 N–H and O–H groups in total. The summed E-state index contributed by atoms with van der Waals surface area (Å²) in [6.07, 6.45) is 1.81. The van der Waals surface area contributed by atoms with E-state index in [1.165, 1.54) is 0 Å². The first kappa shape index (κ1) is 9.22. The molecule has 0 saturated carbocycles. The van der Waals surface area contributed by atoms with Gasteiger partial charge in [-0.25, -0.2) is 0 Å². The molecule has 0 spiro atoms. The first-order chi connectivity index (χ1) is 5.66. The summed E-state index contributed by atoms with van der Waals surface area (Å²) in [6.45, 7) is 2.43. The average Bonchev–Trinajstić information content (AvgIpc) is 2.34. The molecule has 0 aliphatic carbocycles. The van der Waals surface area contributed by atoms with E-state index in [9.17, 15) is 5.11 Å². The van der Waals surface area contributed by atoms with E-state index < -0.39 is 6.10 Å². The van der Waals surface area contributed by atoms with Gasteiger partial charge in [-0.2, -0.15) is 5.10 Å². The summed E-state index contributed by atoms with van der Waals surface area (Å²) in [7, 11) is 1.86. The molecule has 1 aromatic heterocycles. The van der Waals surface area contributed by atoms with Crippen LogP contribution in [0.15, 0.2) is 6.20 Å². The van der Waals surface area contributed by atoms with Crippen molar-refractivity contribution in [3.05, 3.63) is 17.5 Å². The minimum atomic E-state index is -0.469. The summed E-state index contributed by atoms with van der Waals surface area (Å²) in [5.41, 5.74) is 7.21. The molecule has 0 unspecified atom stereocenters. The van der Waals surface area contributed by atoms with E-state index in [0.717, 1.165) is 11.3 Å². The SMILES string of the molecule is Cc1c([C@@H](O)CCN)cnn1C. The molecule has 1 rings (SSSR count). The van der Waals surface area contributed by atoms with E-state index in [0.29, 0.717) is 13.0 Å². The fourth-order valence-corrected chi connectivity index (χ4v) is 1.16. The number of aliphatic hydroxyl groups is 1. The first-order valence-corrected chi connectivity index (χ1v) is 4.03. The van der Waals surface area contributed by atoms with Gasteiger partial charge < -0.3 is 10.8 Å². The molecular formula is C8H15N3O. The summed E-state index contributed by atoms with van der Waals surface area (Å²) in [5.74, 6) is 0. The van der Waals surface area contributed by atoms with Crippen molar-refractivity contribution in [2.45, 2.75) is 19.4 Å². The normalized spacial score (nSPS) is 13.3. The second-order valence-corrected chi connectivity index (χ2v) is 2.90. The number of nitrogens with zero attached hydrogens (tertiary/aromatic N) is 2. The van der Waals surface area contributed by atoms with Crippen LogP contribution in [0, 0.1) is 6.92 Å². The zero-order valence-electron chi connectivity index (χ0n) is 7.49. The topological polar surface area (TPSA) is 64.1 Å². The second-order valence-electron chi connectivity index (χ2n) is 2.90. The molecule has 0 aromatic carbocycles. The van der Waals surface area contributed by atoms with Crippen LogP contribution in [0.5, 0.6) is 0 Å². The number of hydrogen-bond donors (Lipinski definition) is 2. The molecule has 0 amide bonds. The Bertz CT molecular complexity index is 257. The van der Waals surface area contributed by atoms with Gasteiger partial charge in [-0.15, -0.1) is 0 Å². The molecule has 4 heteroatoms. The summed E-state index contributed by atoms with van der Waals surface area (Å²) >= 11 is 0. The number of aromatic nitrogens is 2. The molecule has 0 aliphatic rings. The fourth-order valence-electron chi connectivity index (χ4n) is 1.16. The summed E-state index contributed by atoms with van der Waals surface area (Å²) < 4.78 is 1.75. The van der Waals surface area contributed by atoms with Crippen LogP contribution >= 0.6 is 0 Å². The number of nitrogens with two attached hydrogens (primary N) is 1. The first-order valence-electron chi connectivity index (χ1n) is 4.03. The summed E-state index contributed by atoms with van der Waals surface area (Å²) in [4.78, 5) is 0. The lowest BCUT2D eigenvalue weighted by Crippen LogP contribution is -2.07.